The van der Waals surface area contributed by atoms with E-state index >= 15 is 0 Å². The van der Waals surface area contributed by atoms with E-state index < -0.39 is 5.97 Å². The lowest BCUT2D eigenvalue weighted by Gasteiger charge is -2.27. The van der Waals surface area contributed by atoms with Gasteiger partial charge in [-0.2, -0.15) is 4.98 Å². The minimum Gasteiger partial charge on any atom is -0.489 e. The number of aryl methyl sites for hydroxylation is 2. The Kier molecular flexibility index (Phi) is 6.65. The van der Waals surface area contributed by atoms with Crippen LogP contribution in [0.1, 0.15) is 74.6 Å². The van der Waals surface area contributed by atoms with E-state index in [1.54, 1.807) is 4.68 Å². The van der Waals surface area contributed by atoms with Crippen molar-refractivity contribution in [3.63, 3.8) is 0 Å². The summed E-state index contributed by atoms with van der Waals surface area (Å²) >= 11 is 0. The molecule has 2 fully saturated rings. The van der Waals surface area contributed by atoms with E-state index in [0.717, 1.165) is 37.1 Å². The third-order valence-electron chi connectivity index (χ3n) is 7.05. The van der Waals surface area contributed by atoms with Crippen LogP contribution in [0, 0.1) is 12.8 Å². The predicted octanol–water partition coefficient (Wildman–Crippen LogP) is 3.86. The molecule has 3 aromatic heterocycles. The molecule has 2 aliphatic rings. The summed E-state index contributed by atoms with van der Waals surface area (Å²) < 4.78 is 13.3. The maximum atomic E-state index is 11.4. The van der Waals surface area contributed by atoms with Gasteiger partial charge < -0.3 is 19.7 Å². The summed E-state index contributed by atoms with van der Waals surface area (Å²) in [4.78, 5) is 20.6. The first-order valence-electron chi connectivity index (χ1n) is 12.3. The molecule has 35 heavy (non-hydrogen) atoms. The Morgan fingerprint density at radius 1 is 1.20 bits per heavy atom. The molecular weight excluding hydrogens is 450 g/mol. The molecule has 186 valence electrons. The first-order chi connectivity index (χ1) is 17.0. The zero-order valence-corrected chi connectivity index (χ0v) is 20.1. The molecule has 0 bridgehead atoms. The summed E-state index contributed by atoms with van der Waals surface area (Å²) in [7, 11) is 1.83. The standard InChI is InChI=1S/C24H31N7O4/c1-14-20(34-17-9-5-8-16(12-17)23(32)33)11-10-18(26-14)21-19(31(2)30-28-21)13-25-24-27-22(35-29-24)15-6-3-4-7-15/h10-11,15-17H,3-9,12-13H2,1-2H3,(H,25,29)(H,32,33)/t16-,17-/m0/s1. The van der Waals surface area contributed by atoms with E-state index in [1.165, 1.54) is 12.8 Å². The van der Waals surface area contributed by atoms with Crippen LogP contribution in [-0.2, 0) is 18.4 Å². The fourth-order valence-electron chi connectivity index (χ4n) is 5.04. The number of ether oxygens (including phenoxy) is 1. The van der Waals surface area contributed by atoms with Crippen molar-refractivity contribution in [1.82, 2.24) is 30.1 Å². The molecule has 0 unspecified atom stereocenters. The van der Waals surface area contributed by atoms with Crippen LogP contribution in [0.3, 0.4) is 0 Å². The summed E-state index contributed by atoms with van der Waals surface area (Å²) in [5.41, 5.74) is 2.92. The van der Waals surface area contributed by atoms with E-state index in [0.29, 0.717) is 54.3 Å². The second-order valence-corrected chi connectivity index (χ2v) is 9.52. The maximum absolute atomic E-state index is 11.4. The second kappa shape index (κ2) is 10.0. The average Bonchev–Trinajstić information content (AvgIpc) is 3.60. The van der Waals surface area contributed by atoms with Gasteiger partial charge in [0.1, 0.15) is 11.4 Å². The summed E-state index contributed by atoms with van der Waals surface area (Å²) in [5, 5.41) is 25.1. The number of aliphatic carboxylic acids is 1. The normalized spacial score (nSPS) is 20.7. The monoisotopic (exact) mass is 481 g/mol. The third-order valence-corrected chi connectivity index (χ3v) is 7.05. The minimum absolute atomic E-state index is 0.114. The molecule has 0 aromatic carbocycles. The molecule has 11 heteroatoms. The summed E-state index contributed by atoms with van der Waals surface area (Å²) in [6.07, 6.45) is 7.44. The molecular formula is C24H31N7O4. The number of carboxylic acid groups (broad SMARTS) is 1. The summed E-state index contributed by atoms with van der Waals surface area (Å²) in [6.45, 7) is 2.30. The number of hydrogen-bond acceptors (Lipinski definition) is 9. The van der Waals surface area contributed by atoms with Crippen molar-refractivity contribution < 1.29 is 19.2 Å². The number of carbonyl (C=O) groups is 1. The molecule has 2 N–H and O–H groups in total. The van der Waals surface area contributed by atoms with Gasteiger partial charge in [-0.3, -0.25) is 4.79 Å². The Morgan fingerprint density at radius 3 is 2.80 bits per heavy atom. The molecule has 5 rings (SSSR count). The summed E-state index contributed by atoms with van der Waals surface area (Å²) in [6, 6.07) is 3.74. The van der Waals surface area contributed by atoms with E-state index in [-0.39, 0.29) is 12.0 Å². The van der Waals surface area contributed by atoms with Crippen molar-refractivity contribution in [1.29, 1.82) is 0 Å². The zero-order valence-electron chi connectivity index (χ0n) is 20.1. The lowest BCUT2D eigenvalue weighted by Crippen LogP contribution is -2.29. The highest BCUT2D eigenvalue weighted by Crippen LogP contribution is 2.34. The van der Waals surface area contributed by atoms with Gasteiger partial charge in [-0.05, 0) is 62.7 Å². The molecule has 2 aliphatic carbocycles. The van der Waals surface area contributed by atoms with Gasteiger partial charge in [0, 0.05) is 13.0 Å². The van der Waals surface area contributed by atoms with Crippen LogP contribution in [0.15, 0.2) is 16.7 Å². The highest BCUT2D eigenvalue weighted by molar-refractivity contribution is 5.70. The highest BCUT2D eigenvalue weighted by atomic mass is 16.5. The molecule has 0 radical (unpaired) electrons. The molecule has 0 saturated heterocycles. The van der Waals surface area contributed by atoms with Crippen LogP contribution in [0.5, 0.6) is 5.75 Å². The van der Waals surface area contributed by atoms with Crippen molar-refractivity contribution in [2.75, 3.05) is 5.32 Å². The smallest absolute Gasteiger partial charge is 0.306 e. The van der Waals surface area contributed by atoms with E-state index in [2.05, 4.69) is 25.8 Å². The number of aromatic nitrogens is 6. The van der Waals surface area contributed by atoms with Gasteiger partial charge in [0.2, 0.25) is 5.89 Å². The topological polar surface area (TPSA) is 141 Å². The number of carboxylic acids is 1. The number of nitrogens with zero attached hydrogens (tertiary/aromatic N) is 6. The van der Waals surface area contributed by atoms with E-state index in [4.69, 9.17) is 14.2 Å². The number of rotatable bonds is 8. The molecule has 2 saturated carbocycles. The lowest BCUT2D eigenvalue weighted by molar-refractivity contribution is -0.143. The SMILES string of the molecule is Cc1nc(-c2nnn(C)c2CNc2noc(C3CCCC3)n2)ccc1O[C@H]1CCC[C@H](C(=O)O)C1. The Balaban J connectivity index is 1.26. The Hall–Kier alpha value is -3.50. The number of anilines is 1. The average molecular weight is 482 g/mol. The molecule has 0 aliphatic heterocycles. The first kappa shape index (κ1) is 23.3. The molecule has 0 amide bonds. The largest absolute Gasteiger partial charge is 0.489 e. The van der Waals surface area contributed by atoms with Crippen LogP contribution in [0.2, 0.25) is 0 Å². The molecule has 11 nitrogen and oxygen atoms in total. The fourth-order valence-corrected chi connectivity index (χ4v) is 5.04. The fraction of sp³-hybridized carbons (Fsp3) is 0.583. The van der Waals surface area contributed by atoms with Crippen LogP contribution in [0.25, 0.3) is 11.4 Å². The van der Waals surface area contributed by atoms with Gasteiger partial charge in [-0.25, -0.2) is 9.67 Å². The van der Waals surface area contributed by atoms with Crippen molar-refractivity contribution in [2.45, 2.75) is 76.9 Å². The Labute approximate surface area is 203 Å². The van der Waals surface area contributed by atoms with Gasteiger partial charge >= 0.3 is 5.97 Å². The maximum Gasteiger partial charge on any atom is 0.306 e. The molecule has 0 spiro atoms. The zero-order chi connectivity index (χ0) is 24.4. The second-order valence-electron chi connectivity index (χ2n) is 9.52. The van der Waals surface area contributed by atoms with Crippen molar-refractivity contribution >= 4 is 11.9 Å². The quantitative estimate of drug-likeness (QED) is 0.487. The molecule has 2 atom stereocenters. The summed E-state index contributed by atoms with van der Waals surface area (Å²) in [5.74, 6) is 1.10. The highest BCUT2D eigenvalue weighted by Gasteiger charge is 2.29. The van der Waals surface area contributed by atoms with Crippen LogP contribution in [-0.4, -0.2) is 47.3 Å². The number of nitrogens with one attached hydrogen (secondary N) is 1. The minimum atomic E-state index is -0.747. The van der Waals surface area contributed by atoms with Crippen LogP contribution < -0.4 is 10.1 Å². The molecule has 3 aromatic rings. The number of hydrogen-bond donors (Lipinski definition) is 2. The van der Waals surface area contributed by atoms with Crippen LogP contribution in [0.4, 0.5) is 5.95 Å². The third kappa shape index (κ3) is 5.13. The van der Waals surface area contributed by atoms with Gasteiger partial charge in [0.15, 0.2) is 0 Å². The Bertz CT molecular complexity index is 1180. The van der Waals surface area contributed by atoms with Gasteiger partial charge in [0.05, 0.1) is 35.6 Å². The van der Waals surface area contributed by atoms with Gasteiger partial charge in [0.25, 0.3) is 5.95 Å². The van der Waals surface area contributed by atoms with Gasteiger partial charge in [-0.15, -0.1) is 5.10 Å². The first-order valence-corrected chi connectivity index (χ1v) is 12.3. The van der Waals surface area contributed by atoms with Gasteiger partial charge in [-0.1, -0.05) is 18.1 Å². The molecule has 3 heterocycles. The van der Waals surface area contributed by atoms with Crippen LogP contribution >= 0.6 is 0 Å². The van der Waals surface area contributed by atoms with Crippen molar-refractivity contribution in [3.05, 3.63) is 29.4 Å². The lowest BCUT2D eigenvalue weighted by atomic mass is 9.87. The van der Waals surface area contributed by atoms with Crippen molar-refractivity contribution in [2.24, 2.45) is 13.0 Å². The Morgan fingerprint density at radius 2 is 2.03 bits per heavy atom. The van der Waals surface area contributed by atoms with E-state index in [1.807, 2.05) is 26.1 Å². The van der Waals surface area contributed by atoms with E-state index in [9.17, 15) is 9.90 Å². The predicted molar refractivity (Wildman–Crippen MR) is 126 cm³/mol. The number of pyridine rings is 1. The van der Waals surface area contributed by atoms with Crippen molar-refractivity contribution in [3.8, 4) is 17.1 Å².